The van der Waals surface area contributed by atoms with Crippen LogP contribution >= 0.6 is 0 Å². The summed E-state index contributed by atoms with van der Waals surface area (Å²) in [5.41, 5.74) is 5.25. The number of nitrogens with two attached hydrogens (primary N) is 1. The quantitative estimate of drug-likeness (QED) is 0.590. The van der Waals surface area contributed by atoms with Crippen LogP contribution in [-0.4, -0.2) is 12.8 Å². The Hall–Kier alpha value is -0.370. The maximum absolute atomic E-state index is 10.6. The van der Waals surface area contributed by atoms with Crippen molar-refractivity contribution in [3.63, 3.8) is 0 Å². The number of carbonyl (C=O) groups is 1. The molecule has 0 rings (SSSR count). The maximum Gasteiger partial charge on any atom is 0.126 e. The zero-order valence-corrected chi connectivity index (χ0v) is 6.89. The molecule has 0 aromatic rings. The molecule has 2 nitrogen and oxygen atoms in total. The molecule has 0 aromatic carbocycles. The van der Waals surface area contributed by atoms with Gasteiger partial charge in [0.2, 0.25) is 0 Å². The second-order valence-corrected chi connectivity index (χ2v) is 2.73. The first kappa shape index (κ1) is 9.63. The average Bonchev–Trinajstić information content (AvgIpc) is 2.01. The van der Waals surface area contributed by atoms with Crippen molar-refractivity contribution in [1.82, 2.24) is 0 Å². The maximum atomic E-state index is 10.6. The van der Waals surface area contributed by atoms with E-state index in [0.29, 0.717) is 6.54 Å². The number of carbonyl (C=O) groups excluding carboxylic acids is 1. The van der Waals surface area contributed by atoms with Crippen LogP contribution in [0, 0.1) is 5.41 Å². The van der Waals surface area contributed by atoms with Crippen molar-refractivity contribution in [3.05, 3.63) is 0 Å². The highest BCUT2D eigenvalue weighted by molar-refractivity contribution is 5.59. The van der Waals surface area contributed by atoms with Gasteiger partial charge < -0.3 is 10.5 Å². The van der Waals surface area contributed by atoms with Crippen LogP contribution in [0.1, 0.15) is 33.1 Å². The van der Waals surface area contributed by atoms with E-state index in [1.807, 2.05) is 13.8 Å². The zero-order chi connectivity index (χ0) is 8.04. The molecule has 0 bridgehead atoms. The van der Waals surface area contributed by atoms with Gasteiger partial charge in [0, 0.05) is 5.41 Å². The Labute approximate surface area is 62.8 Å². The number of hydrogen-bond acceptors (Lipinski definition) is 2. The van der Waals surface area contributed by atoms with E-state index in [9.17, 15) is 4.79 Å². The molecule has 0 atom stereocenters. The van der Waals surface area contributed by atoms with Crippen LogP contribution in [0.15, 0.2) is 0 Å². The minimum absolute atomic E-state index is 0.130. The molecular formula is C8H17NO. The largest absolute Gasteiger partial charge is 0.330 e. The molecule has 0 saturated heterocycles. The first-order chi connectivity index (χ1) is 4.74. The Bertz CT molecular complexity index is 97.4. The summed E-state index contributed by atoms with van der Waals surface area (Å²) < 4.78 is 0. The number of rotatable bonds is 5. The van der Waals surface area contributed by atoms with E-state index in [4.69, 9.17) is 5.73 Å². The third-order valence-electron chi connectivity index (χ3n) is 2.30. The normalized spacial score (nSPS) is 11.5. The number of aldehydes is 1. The molecule has 0 saturated carbocycles. The van der Waals surface area contributed by atoms with E-state index in [0.717, 1.165) is 25.5 Å². The highest BCUT2D eigenvalue weighted by Gasteiger charge is 2.23. The SMILES string of the molecule is CCC(C=O)(CC)CCN. The van der Waals surface area contributed by atoms with Crippen molar-refractivity contribution in [1.29, 1.82) is 0 Å². The van der Waals surface area contributed by atoms with Gasteiger partial charge in [-0.05, 0) is 25.8 Å². The average molecular weight is 143 g/mol. The Morgan fingerprint density at radius 2 is 1.90 bits per heavy atom. The predicted molar refractivity (Wildman–Crippen MR) is 42.8 cm³/mol. The summed E-state index contributed by atoms with van der Waals surface area (Å²) >= 11 is 0. The van der Waals surface area contributed by atoms with Gasteiger partial charge in [-0.25, -0.2) is 0 Å². The van der Waals surface area contributed by atoms with Crippen molar-refractivity contribution in [2.24, 2.45) is 11.1 Å². The molecule has 0 radical (unpaired) electrons. The number of hydrogen-bond donors (Lipinski definition) is 1. The molecule has 0 aromatic heterocycles. The van der Waals surface area contributed by atoms with Gasteiger partial charge in [-0.15, -0.1) is 0 Å². The first-order valence-electron chi connectivity index (χ1n) is 3.91. The lowest BCUT2D eigenvalue weighted by Crippen LogP contribution is -2.24. The summed E-state index contributed by atoms with van der Waals surface area (Å²) in [6.45, 7) is 4.68. The topological polar surface area (TPSA) is 43.1 Å². The molecule has 10 heavy (non-hydrogen) atoms. The van der Waals surface area contributed by atoms with Crippen LogP contribution in [-0.2, 0) is 4.79 Å². The fourth-order valence-electron chi connectivity index (χ4n) is 1.12. The van der Waals surface area contributed by atoms with Crippen LogP contribution in [0.5, 0.6) is 0 Å². The zero-order valence-electron chi connectivity index (χ0n) is 6.89. The van der Waals surface area contributed by atoms with Gasteiger partial charge in [-0.1, -0.05) is 13.8 Å². The summed E-state index contributed by atoms with van der Waals surface area (Å²) in [6.07, 6.45) is 3.69. The van der Waals surface area contributed by atoms with Gasteiger partial charge in [-0.3, -0.25) is 0 Å². The minimum Gasteiger partial charge on any atom is -0.330 e. The van der Waals surface area contributed by atoms with Crippen molar-refractivity contribution in [2.45, 2.75) is 33.1 Å². The Balaban J connectivity index is 4.00. The van der Waals surface area contributed by atoms with E-state index in [2.05, 4.69) is 0 Å². The van der Waals surface area contributed by atoms with Crippen molar-refractivity contribution in [3.8, 4) is 0 Å². The van der Waals surface area contributed by atoms with Gasteiger partial charge in [0.05, 0.1) is 0 Å². The van der Waals surface area contributed by atoms with E-state index in [1.54, 1.807) is 0 Å². The Morgan fingerprint density at radius 3 is 2.00 bits per heavy atom. The highest BCUT2D eigenvalue weighted by atomic mass is 16.1. The summed E-state index contributed by atoms with van der Waals surface area (Å²) in [5.74, 6) is 0. The second-order valence-electron chi connectivity index (χ2n) is 2.73. The lowest BCUT2D eigenvalue weighted by Gasteiger charge is -2.23. The van der Waals surface area contributed by atoms with E-state index in [-0.39, 0.29) is 5.41 Å². The minimum atomic E-state index is -0.130. The third-order valence-corrected chi connectivity index (χ3v) is 2.30. The van der Waals surface area contributed by atoms with E-state index < -0.39 is 0 Å². The van der Waals surface area contributed by atoms with Crippen LogP contribution in [0.2, 0.25) is 0 Å². The fraction of sp³-hybridized carbons (Fsp3) is 0.875. The lowest BCUT2D eigenvalue weighted by molar-refractivity contribution is -0.116. The molecule has 0 fully saturated rings. The van der Waals surface area contributed by atoms with Crippen molar-refractivity contribution >= 4 is 6.29 Å². The van der Waals surface area contributed by atoms with Crippen LogP contribution in [0.25, 0.3) is 0 Å². The Morgan fingerprint density at radius 1 is 1.40 bits per heavy atom. The molecule has 0 heterocycles. The van der Waals surface area contributed by atoms with Gasteiger partial charge in [0.25, 0.3) is 0 Å². The smallest absolute Gasteiger partial charge is 0.126 e. The van der Waals surface area contributed by atoms with Gasteiger partial charge in [0.1, 0.15) is 6.29 Å². The van der Waals surface area contributed by atoms with Crippen LogP contribution < -0.4 is 5.73 Å². The predicted octanol–water partition coefficient (Wildman–Crippen LogP) is 1.34. The lowest BCUT2D eigenvalue weighted by atomic mass is 9.81. The fourth-order valence-corrected chi connectivity index (χ4v) is 1.12. The van der Waals surface area contributed by atoms with Crippen molar-refractivity contribution < 1.29 is 4.79 Å². The van der Waals surface area contributed by atoms with Gasteiger partial charge in [0.15, 0.2) is 0 Å². The molecule has 60 valence electrons. The van der Waals surface area contributed by atoms with E-state index >= 15 is 0 Å². The van der Waals surface area contributed by atoms with Crippen molar-refractivity contribution in [2.75, 3.05) is 6.54 Å². The molecule has 0 unspecified atom stereocenters. The van der Waals surface area contributed by atoms with E-state index in [1.165, 1.54) is 0 Å². The summed E-state index contributed by atoms with van der Waals surface area (Å²) in [4.78, 5) is 10.6. The monoisotopic (exact) mass is 143 g/mol. The molecule has 0 amide bonds. The standard InChI is InChI=1S/C8H17NO/c1-3-8(4-2,7-10)5-6-9/h7H,3-6,9H2,1-2H3. The Kier molecular flexibility index (Phi) is 4.28. The summed E-state index contributed by atoms with van der Waals surface area (Å²) in [6, 6.07) is 0. The molecule has 2 heteroatoms. The third kappa shape index (κ3) is 2.10. The molecule has 0 aliphatic heterocycles. The van der Waals surface area contributed by atoms with Gasteiger partial charge in [-0.2, -0.15) is 0 Å². The molecular weight excluding hydrogens is 126 g/mol. The van der Waals surface area contributed by atoms with Crippen LogP contribution in [0.3, 0.4) is 0 Å². The summed E-state index contributed by atoms with van der Waals surface area (Å²) in [5, 5.41) is 0. The molecule has 2 N–H and O–H groups in total. The molecule has 0 aliphatic carbocycles. The van der Waals surface area contributed by atoms with Crippen LogP contribution in [0.4, 0.5) is 0 Å². The summed E-state index contributed by atoms with van der Waals surface area (Å²) in [7, 11) is 0. The van der Waals surface area contributed by atoms with Gasteiger partial charge >= 0.3 is 0 Å². The second kappa shape index (κ2) is 4.45. The molecule has 0 aliphatic rings. The highest BCUT2D eigenvalue weighted by Crippen LogP contribution is 2.26. The molecule has 0 spiro atoms. The first-order valence-corrected chi connectivity index (χ1v) is 3.91.